The van der Waals surface area contributed by atoms with E-state index < -0.39 is 40.1 Å². The summed E-state index contributed by atoms with van der Waals surface area (Å²) in [6.07, 6.45) is -0.467. The summed E-state index contributed by atoms with van der Waals surface area (Å²) in [6.45, 7) is 0.284. The highest BCUT2D eigenvalue weighted by Crippen LogP contribution is 2.37. The second-order valence-electron chi connectivity index (χ2n) is 6.50. The van der Waals surface area contributed by atoms with Gasteiger partial charge >= 0.3 is 6.18 Å². The van der Waals surface area contributed by atoms with Crippen molar-refractivity contribution in [3.8, 4) is 0 Å². The van der Waals surface area contributed by atoms with E-state index in [9.17, 15) is 26.4 Å². The van der Waals surface area contributed by atoms with Crippen LogP contribution in [0, 0.1) is 5.92 Å². The van der Waals surface area contributed by atoms with Crippen LogP contribution in [0.5, 0.6) is 0 Å². The summed E-state index contributed by atoms with van der Waals surface area (Å²) < 4.78 is 63.2. The summed E-state index contributed by atoms with van der Waals surface area (Å²) in [7, 11) is -3.50. The number of carbonyl (C=O) groups is 1. The zero-order chi connectivity index (χ0) is 17.3. The van der Waals surface area contributed by atoms with Gasteiger partial charge in [0.15, 0.2) is 0 Å². The summed E-state index contributed by atoms with van der Waals surface area (Å²) in [5.74, 6) is -1.86. The van der Waals surface area contributed by atoms with E-state index in [-0.39, 0.29) is 19.4 Å². The third-order valence-corrected chi connectivity index (χ3v) is 5.95. The minimum Gasteiger partial charge on any atom is -0.352 e. The van der Waals surface area contributed by atoms with Gasteiger partial charge in [-0.05, 0) is 32.1 Å². The highest BCUT2D eigenvalue weighted by atomic mass is 32.2. The third-order valence-electron chi connectivity index (χ3n) is 4.67. The number of halogens is 3. The van der Waals surface area contributed by atoms with E-state index in [1.165, 1.54) is 0 Å². The summed E-state index contributed by atoms with van der Waals surface area (Å²) in [5, 5.41) is 2.65. The number of rotatable bonds is 3. The molecule has 23 heavy (non-hydrogen) atoms. The topological polar surface area (TPSA) is 66.5 Å². The zero-order valence-corrected chi connectivity index (χ0v) is 13.9. The molecule has 1 saturated carbocycles. The van der Waals surface area contributed by atoms with E-state index >= 15 is 0 Å². The predicted octanol–water partition coefficient (Wildman–Crippen LogP) is 2.04. The van der Waals surface area contributed by atoms with Gasteiger partial charge < -0.3 is 5.32 Å². The average Bonchev–Trinajstić information content (AvgIpc) is 2.46. The molecule has 134 valence electrons. The van der Waals surface area contributed by atoms with Gasteiger partial charge in [0.2, 0.25) is 15.9 Å². The number of sulfonamides is 1. The van der Waals surface area contributed by atoms with Crippen molar-refractivity contribution >= 4 is 15.9 Å². The normalized spacial score (nSPS) is 30.9. The van der Waals surface area contributed by atoms with Crippen molar-refractivity contribution in [3.05, 3.63) is 0 Å². The molecule has 5 nitrogen and oxygen atoms in total. The Hall–Kier alpha value is -0.830. The molecular weight excluding hydrogens is 333 g/mol. The maximum atomic E-state index is 12.8. The summed E-state index contributed by atoms with van der Waals surface area (Å²) >= 11 is 0. The highest BCUT2D eigenvalue weighted by molar-refractivity contribution is 7.88. The third kappa shape index (κ3) is 4.82. The molecule has 0 aromatic carbocycles. The SMILES string of the molecule is CS(=O)(=O)N1CCCCC1C(=O)NC1CCCC(C(F)(F)F)C1. The smallest absolute Gasteiger partial charge is 0.352 e. The molecule has 3 unspecified atom stereocenters. The zero-order valence-electron chi connectivity index (χ0n) is 13.1. The van der Waals surface area contributed by atoms with Crippen LogP contribution < -0.4 is 5.32 Å². The molecular formula is C14H23F3N2O3S. The van der Waals surface area contributed by atoms with Crippen LogP contribution in [0.25, 0.3) is 0 Å². The molecule has 1 saturated heterocycles. The van der Waals surface area contributed by atoms with E-state index in [0.717, 1.165) is 17.0 Å². The Balaban J connectivity index is 2.00. The molecule has 2 fully saturated rings. The minimum atomic E-state index is -4.24. The number of nitrogens with one attached hydrogen (secondary N) is 1. The van der Waals surface area contributed by atoms with E-state index in [1.807, 2.05) is 0 Å². The van der Waals surface area contributed by atoms with Gasteiger partial charge in [-0.25, -0.2) is 8.42 Å². The fourth-order valence-electron chi connectivity index (χ4n) is 3.48. The van der Waals surface area contributed by atoms with Crippen molar-refractivity contribution in [2.24, 2.45) is 5.92 Å². The van der Waals surface area contributed by atoms with Crippen LogP contribution in [0.2, 0.25) is 0 Å². The Morgan fingerprint density at radius 3 is 2.43 bits per heavy atom. The monoisotopic (exact) mass is 356 g/mol. The molecule has 1 aliphatic heterocycles. The van der Waals surface area contributed by atoms with Gasteiger partial charge in [-0.1, -0.05) is 12.8 Å². The standard InChI is InChI=1S/C14H23F3N2O3S/c1-23(21,22)19-8-3-2-7-12(19)13(20)18-11-6-4-5-10(9-11)14(15,16)17/h10-12H,2-9H2,1H3,(H,18,20). The number of hydrogen-bond acceptors (Lipinski definition) is 3. The maximum absolute atomic E-state index is 12.8. The van der Waals surface area contributed by atoms with Crippen LogP contribution in [-0.4, -0.2) is 49.7 Å². The largest absolute Gasteiger partial charge is 0.391 e. The first-order valence-corrected chi connectivity index (χ1v) is 9.78. The van der Waals surface area contributed by atoms with E-state index in [1.54, 1.807) is 0 Å². The Bertz CT molecular complexity index is 536. The van der Waals surface area contributed by atoms with Crippen molar-refractivity contribution < 1.29 is 26.4 Å². The second kappa shape index (κ2) is 6.96. The molecule has 1 aliphatic carbocycles. The highest BCUT2D eigenvalue weighted by Gasteiger charge is 2.43. The maximum Gasteiger partial charge on any atom is 0.391 e. The molecule has 1 N–H and O–H groups in total. The van der Waals surface area contributed by atoms with Gasteiger partial charge in [-0.3, -0.25) is 4.79 Å². The molecule has 3 atom stereocenters. The number of hydrogen-bond donors (Lipinski definition) is 1. The summed E-state index contributed by atoms with van der Waals surface area (Å²) in [4.78, 5) is 12.4. The molecule has 2 aliphatic rings. The predicted molar refractivity (Wildman–Crippen MR) is 79.1 cm³/mol. The molecule has 0 aromatic rings. The van der Waals surface area contributed by atoms with Crippen molar-refractivity contribution in [1.29, 1.82) is 0 Å². The van der Waals surface area contributed by atoms with Crippen LogP contribution in [0.15, 0.2) is 0 Å². The molecule has 0 bridgehead atoms. The number of nitrogens with zero attached hydrogens (tertiary/aromatic N) is 1. The quantitative estimate of drug-likeness (QED) is 0.842. The van der Waals surface area contributed by atoms with E-state index in [0.29, 0.717) is 25.7 Å². The van der Waals surface area contributed by atoms with Gasteiger partial charge in [0.1, 0.15) is 6.04 Å². The fraction of sp³-hybridized carbons (Fsp3) is 0.929. The van der Waals surface area contributed by atoms with Gasteiger partial charge in [0.05, 0.1) is 12.2 Å². The fourth-order valence-corrected chi connectivity index (χ4v) is 4.60. The van der Waals surface area contributed by atoms with Crippen molar-refractivity contribution in [2.75, 3.05) is 12.8 Å². The van der Waals surface area contributed by atoms with Gasteiger partial charge in [-0.15, -0.1) is 0 Å². The van der Waals surface area contributed by atoms with E-state index in [4.69, 9.17) is 0 Å². The molecule has 1 heterocycles. The first-order chi connectivity index (χ1) is 10.6. The number of alkyl halides is 3. The van der Waals surface area contributed by atoms with E-state index in [2.05, 4.69) is 5.32 Å². The number of carbonyl (C=O) groups excluding carboxylic acids is 1. The van der Waals surface area contributed by atoms with Crippen LogP contribution in [0.1, 0.15) is 44.9 Å². The Kier molecular flexibility index (Phi) is 5.60. The molecule has 0 spiro atoms. The first kappa shape index (κ1) is 18.5. The molecule has 1 amide bonds. The number of amides is 1. The first-order valence-electron chi connectivity index (χ1n) is 7.93. The van der Waals surface area contributed by atoms with Crippen LogP contribution in [0.4, 0.5) is 13.2 Å². The lowest BCUT2D eigenvalue weighted by molar-refractivity contribution is -0.184. The lowest BCUT2D eigenvalue weighted by Gasteiger charge is -2.35. The molecule has 9 heteroatoms. The Morgan fingerprint density at radius 1 is 1.13 bits per heavy atom. The second-order valence-corrected chi connectivity index (χ2v) is 8.43. The molecule has 2 rings (SSSR count). The molecule has 0 radical (unpaired) electrons. The lowest BCUT2D eigenvalue weighted by atomic mass is 9.85. The Labute approximate surface area is 134 Å². The summed E-state index contributed by atoms with van der Waals surface area (Å²) in [6, 6.07) is -1.34. The van der Waals surface area contributed by atoms with Gasteiger partial charge in [0.25, 0.3) is 0 Å². The van der Waals surface area contributed by atoms with Crippen LogP contribution >= 0.6 is 0 Å². The van der Waals surface area contributed by atoms with Crippen molar-refractivity contribution in [2.45, 2.75) is 63.2 Å². The minimum absolute atomic E-state index is 0.0920. The van der Waals surface area contributed by atoms with Gasteiger partial charge in [0, 0.05) is 12.6 Å². The number of piperidine rings is 1. The van der Waals surface area contributed by atoms with Crippen molar-refractivity contribution in [3.63, 3.8) is 0 Å². The lowest BCUT2D eigenvalue weighted by Crippen LogP contribution is -2.54. The average molecular weight is 356 g/mol. The molecule has 0 aromatic heterocycles. The van der Waals surface area contributed by atoms with Crippen LogP contribution in [0.3, 0.4) is 0 Å². The summed E-state index contributed by atoms with van der Waals surface area (Å²) in [5.41, 5.74) is 0. The Morgan fingerprint density at radius 2 is 1.83 bits per heavy atom. The van der Waals surface area contributed by atoms with Gasteiger partial charge in [-0.2, -0.15) is 17.5 Å². The van der Waals surface area contributed by atoms with Crippen molar-refractivity contribution in [1.82, 2.24) is 9.62 Å². The van der Waals surface area contributed by atoms with Crippen LogP contribution in [-0.2, 0) is 14.8 Å².